The molecule has 0 aliphatic heterocycles. The molecule has 0 aliphatic carbocycles. The topological polar surface area (TPSA) is 103 Å². The number of nitrogens with two attached hydrogens (primary N) is 1. The molecule has 0 radical (unpaired) electrons. The molecule has 0 saturated heterocycles. The van der Waals surface area contributed by atoms with E-state index in [1.165, 1.54) is 13.2 Å². The second kappa shape index (κ2) is 9.78. The van der Waals surface area contributed by atoms with E-state index < -0.39 is 11.6 Å². The van der Waals surface area contributed by atoms with Crippen molar-refractivity contribution in [1.82, 2.24) is 0 Å². The quantitative estimate of drug-likeness (QED) is 0.310. The molecule has 0 atom stereocenters. The summed E-state index contributed by atoms with van der Waals surface area (Å²) in [4.78, 5) is 23.8. The molecule has 1 aromatic carbocycles. The first-order chi connectivity index (χ1) is 11.9. The second-order valence-corrected chi connectivity index (χ2v) is 5.99. The number of hydrogen-bond acceptors (Lipinski definition) is 6. The monoisotopic (exact) mass is 405 g/mol. The van der Waals surface area contributed by atoms with Gasteiger partial charge in [-0.3, -0.25) is 4.79 Å². The summed E-state index contributed by atoms with van der Waals surface area (Å²) in [6.45, 7) is 3.30. The van der Waals surface area contributed by atoms with Crippen LogP contribution in [0.4, 0.5) is 0 Å². The summed E-state index contributed by atoms with van der Waals surface area (Å²) in [6, 6.07) is 1.53. The van der Waals surface area contributed by atoms with Crippen molar-refractivity contribution in [2.24, 2.45) is 0 Å². The summed E-state index contributed by atoms with van der Waals surface area (Å²) in [5, 5.41) is 12.9. The van der Waals surface area contributed by atoms with Gasteiger partial charge in [-0.05, 0) is 18.6 Å². The molecule has 1 heterocycles. The van der Waals surface area contributed by atoms with E-state index in [0.717, 1.165) is 0 Å². The molecule has 0 unspecified atom stereocenters. The van der Waals surface area contributed by atoms with Crippen LogP contribution in [0.3, 0.4) is 0 Å². The molecule has 2 rings (SSSR count). The molecule has 7 nitrogen and oxygen atoms in total. The number of halogens is 2. The lowest BCUT2D eigenvalue weighted by Gasteiger charge is -2.12. The van der Waals surface area contributed by atoms with Gasteiger partial charge in [0.25, 0.3) is 0 Å². The zero-order valence-electron chi connectivity index (χ0n) is 14.7. The Hall–Kier alpha value is -1.80. The Balaban J connectivity index is 0.00000338. The van der Waals surface area contributed by atoms with Crippen molar-refractivity contribution < 1.29 is 41.5 Å². The molecule has 0 fully saturated rings. The number of rotatable bonds is 7. The van der Waals surface area contributed by atoms with Crippen LogP contribution in [0.15, 0.2) is 15.3 Å². The number of phenolic OH excluding ortho intramolecular Hbond substituents is 1. The van der Waals surface area contributed by atoms with Crippen molar-refractivity contribution in [2.75, 3.05) is 27.4 Å². The van der Waals surface area contributed by atoms with Gasteiger partial charge in [-0.1, -0.05) is 11.6 Å². The standard InChI is InChI=1S/C17H20ClNO6.ClH/c1-9-10-6-13(18)15(21)12(8-19-4-5-23-2)16(10)25-17(22)11(9)7-14(20)24-3;/h6,19,21H,4-5,7-8H2,1-3H3;1H. The van der Waals surface area contributed by atoms with Gasteiger partial charge in [0.1, 0.15) is 12.3 Å². The number of benzene rings is 1. The Kier molecular flexibility index (Phi) is 8.36. The predicted molar refractivity (Wildman–Crippen MR) is 92.0 cm³/mol. The van der Waals surface area contributed by atoms with Gasteiger partial charge in [-0.2, -0.15) is 0 Å². The van der Waals surface area contributed by atoms with Crippen molar-refractivity contribution in [2.45, 2.75) is 19.9 Å². The average molecular weight is 406 g/mol. The summed E-state index contributed by atoms with van der Waals surface area (Å²) >= 11 is 6.13. The lowest BCUT2D eigenvalue weighted by atomic mass is 10.0. The van der Waals surface area contributed by atoms with Gasteiger partial charge in [-0.15, -0.1) is 0 Å². The van der Waals surface area contributed by atoms with Gasteiger partial charge in [-0.25, -0.2) is 4.79 Å². The molecule has 0 spiro atoms. The number of carbonyl (C=O) groups excluding carboxylic acids is 1. The van der Waals surface area contributed by atoms with E-state index in [4.69, 9.17) is 20.8 Å². The number of fused-ring (bicyclic) bond motifs is 1. The van der Waals surface area contributed by atoms with Crippen LogP contribution in [0.2, 0.25) is 5.02 Å². The van der Waals surface area contributed by atoms with Crippen LogP contribution in [-0.4, -0.2) is 38.4 Å². The first-order valence-corrected chi connectivity index (χ1v) is 8.12. The molecule has 0 saturated carbocycles. The molecule has 0 bridgehead atoms. The van der Waals surface area contributed by atoms with Crippen LogP contribution in [0.1, 0.15) is 16.7 Å². The largest absolute Gasteiger partial charge is 1.00 e. The normalized spacial score (nSPS) is 10.6. The predicted octanol–water partition coefficient (Wildman–Crippen LogP) is -2.11. The minimum atomic E-state index is -0.629. The van der Waals surface area contributed by atoms with E-state index in [1.807, 2.05) is 5.32 Å². The number of aryl methyl sites for hydroxylation is 1. The third-order valence-electron chi connectivity index (χ3n) is 4.02. The summed E-state index contributed by atoms with van der Waals surface area (Å²) < 4.78 is 15.0. The lowest BCUT2D eigenvalue weighted by molar-refractivity contribution is -0.671. The van der Waals surface area contributed by atoms with E-state index in [1.54, 1.807) is 14.0 Å². The van der Waals surface area contributed by atoms with Gasteiger partial charge in [0, 0.05) is 12.5 Å². The Morgan fingerprint density at radius 2 is 2.04 bits per heavy atom. The van der Waals surface area contributed by atoms with E-state index in [0.29, 0.717) is 36.2 Å². The van der Waals surface area contributed by atoms with Crippen molar-refractivity contribution in [1.29, 1.82) is 0 Å². The maximum absolute atomic E-state index is 12.3. The number of methoxy groups -OCH3 is 2. The molecule has 3 N–H and O–H groups in total. The van der Waals surface area contributed by atoms with Gasteiger partial charge < -0.3 is 36.7 Å². The molecule has 1 aromatic heterocycles. The maximum Gasteiger partial charge on any atom is 0.340 e. The minimum absolute atomic E-state index is 0. The molecular formula is C17H21Cl2NO6. The number of carbonyl (C=O) groups is 1. The lowest BCUT2D eigenvalue weighted by Crippen LogP contribution is -3.00. The number of ether oxygens (including phenoxy) is 2. The molecule has 2 aromatic rings. The number of hydrogen-bond donors (Lipinski definition) is 2. The fraction of sp³-hybridized carbons (Fsp3) is 0.412. The first-order valence-electron chi connectivity index (χ1n) is 7.74. The van der Waals surface area contributed by atoms with Gasteiger partial charge in [0.2, 0.25) is 0 Å². The fourth-order valence-electron chi connectivity index (χ4n) is 2.60. The van der Waals surface area contributed by atoms with E-state index in [9.17, 15) is 14.7 Å². The van der Waals surface area contributed by atoms with Crippen molar-refractivity contribution >= 4 is 28.5 Å². The summed E-state index contributed by atoms with van der Waals surface area (Å²) in [7, 11) is 2.86. The molecule has 144 valence electrons. The van der Waals surface area contributed by atoms with Crippen molar-refractivity contribution in [3.05, 3.63) is 38.2 Å². The fourth-order valence-corrected chi connectivity index (χ4v) is 2.82. The SMILES string of the molecule is COCC[NH2+]Cc1c(O)c(Cl)cc2c(C)c(CC(=O)OC)c(=O)oc12.[Cl-]. The second-order valence-electron chi connectivity index (χ2n) is 5.58. The van der Waals surface area contributed by atoms with Crippen LogP contribution in [0.5, 0.6) is 5.75 Å². The Morgan fingerprint density at radius 3 is 2.65 bits per heavy atom. The van der Waals surface area contributed by atoms with Crippen molar-refractivity contribution in [3.8, 4) is 5.75 Å². The van der Waals surface area contributed by atoms with E-state index >= 15 is 0 Å². The van der Waals surface area contributed by atoms with Gasteiger partial charge >= 0.3 is 11.6 Å². The number of aromatic hydroxyl groups is 1. The zero-order chi connectivity index (χ0) is 18.6. The number of phenols is 1. The molecule has 26 heavy (non-hydrogen) atoms. The zero-order valence-corrected chi connectivity index (χ0v) is 16.2. The molecule has 0 amide bonds. The molecule has 9 heteroatoms. The summed E-state index contributed by atoms with van der Waals surface area (Å²) in [5.41, 5.74) is 0.873. The minimum Gasteiger partial charge on any atom is -1.00 e. The number of quaternary nitrogens is 1. The third kappa shape index (κ3) is 4.67. The van der Waals surface area contributed by atoms with E-state index in [-0.39, 0.29) is 40.7 Å². The third-order valence-corrected chi connectivity index (χ3v) is 4.31. The summed E-state index contributed by atoms with van der Waals surface area (Å²) in [6.07, 6.45) is -0.186. The van der Waals surface area contributed by atoms with Crippen LogP contribution in [0.25, 0.3) is 11.0 Å². The van der Waals surface area contributed by atoms with E-state index in [2.05, 4.69) is 4.74 Å². The Morgan fingerprint density at radius 1 is 1.35 bits per heavy atom. The Bertz CT molecular complexity index is 849. The van der Waals surface area contributed by atoms with Crippen LogP contribution < -0.4 is 23.3 Å². The molecule has 0 aliphatic rings. The van der Waals surface area contributed by atoms with Crippen molar-refractivity contribution in [3.63, 3.8) is 0 Å². The van der Waals surface area contributed by atoms with Crippen LogP contribution >= 0.6 is 11.6 Å². The highest BCUT2D eigenvalue weighted by Gasteiger charge is 2.21. The summed E-state index contributed by atoms with van der Waals surface area (Å²) in [5.74, 6) is -0.654. The maximum atomic E-state index is 12.3. The smallest absolute Gasteiger partial charge is 0.340 e. The van der Waals surface area contributed by atoms with Crippen LogP contribution in [-0.2, 0) is 27.2 Å². The highest BCUT2D eigenvalue weighted by molar-refractivity contribution is 6.33. The molecular weight excluding hydrogens is 385 g/mol. The first kappa shape index (κ1) is 22.2. The van der Waals surface area contributed by atoms with Crippen LogP contribution in [0, 0.1) is 6.92 Å². The highest BCUT2D eigenvalue weighted by Crippen LogP contribution is 2.35. The Labute approximate surface area is 161 Å². The highest BCUT2D eigenvalue weighted by atomic mass is 35.5. The average Bonchev–Trinajstić information content (AvgIpc) is 2.59. The number of esters is 1. The van der Waals surface area contributed by atoms with Gasteiger partial charge in [0.15, 0.2) is 5.58 Å². The van der Waals surface area contributed by atoms with Gasteiger partial charge in [0.05, 0.1) is 42.8 Å².